The smallest absolute Gasteiger partial charge is 0.0437 e. The van der Waals surface area contributed by atoms with Gasteiger partial charge in [-0.1, -0.05) is 6.92 Å². The number of hydrogen-bond donors (Lipinski definition) is 0. The molecule has 2 rings (SSSR count). The number of rotatable bonds is 2. The highest BCUT2D eigenvalue weighted by Gasteiger charge is 2.24. The van der Waals surface area contributed by atoms with Gasteiger partial charge in [0.25, 0.3) is 0 Å². The summed E-state index contributed by atoms with van der Waals surface area (Å²) in [6.07, 6.45) is 5.84. The largest absolute Gasteiger partial charge is 0.261 e. The molecule has 1 aromatic heterocycles. The van der Waals surface area contributed by atoms with E-state index in [2.05, 4.69) is 24.9 Å². The molecule has 12 heavy (non-hydrogen) atoms. The van der Waals surface area contributed by atoms with Gasteiger partial charge in [-0.3, -0.25) is 4.98 Å². The maximum Gasteiger partial charge on any atom is 0.0437 e. The third-order valence-corrected chi connectivity index (χ3v) is 2.62. The van der Waals surface area contributed by atoms with Gasteiger partial charge in [0.2, 0.25) is 0 Å². The fourth-order valence-electron chi connectivity index (χ4n) is 1.58. The minimum atomic E-state index is 0.787. The van der Waals surface area contributed by atoms with E-state index in [4.69, 9.17) is 0 Å². The topological polar surface area (TPSA) is 12.9 Å². The molecule has 1 saturated carbocycles. The zero-order valence-corrected chi connectivity index (χ0v) is 7.80. The summed E-state index contributed by atoms with van der Waals surface area (Å²) in [5.41, 5.74) is 4.11. The van der Waals surface area contributed by atoms with Crippen LogP contribution in [0.15, 0.2) is 12.3 Å². The number of aryl methyl sites for hydroxylation is 2. The summed E-state index contributed by atoms with van der Waals surface area (Å²) in [4.78, 5) is 4.47. The normalized spacial score (nSPS) is 16.5. The van der Waals surface area contributed by atoms with Gasteiger partial charge in [0.15, 0.2) is 0 Å². The van der Waals surface area contributed by atoms with E-state index in [0.717, 1.165) is 12.3 Å². The molecule has 0 aliphatic heterocycles. The summed E-state index contributed by atoms with van der Waals surface area (Å²) in [6.45, 7) is 4.37. The average molecular weight is 161 g/mol. The Hall–Kier alpha value is -0.850. The van der Waals surface area contributed by atoms with Crippen molar-refractivity contribution in [3.63, 3.8) is 0 Å². The summed E-state index contributed by atoms with van der Waals surface area (Å²) < 4.78 is 0. The van der Waals surface area contributed by atoms with E-state index in [1.165, 1.54) is 29.7 Å². The quantitative estimate of drug-likeness (QED) is 0.650. The molecular formula is C11H15N. The molecule has 1 aliphatic rings. The first-order chi connectivity index (χ1) is 5.81. The molecule has 0 spiro atoms. The van der Waals surface area contributed by atoms with Gasteiger partial charge < -0.3 is 0 Å². The van der Waals surface area contributed by atoms with E-state index >= 15 is 0 Å². The van der Waals surface area contributed by atoms with Gasteiger partial charge in [-0.15, -0.1) is 0 Å². The Bertz CT molecular complexity index is 287. The number of nitrogens with zero attached hydrogens (tertiary/aromatic N) is 1. The Kier molecular flexibility index (Phi) is 1.87. The molecule has 0 atom stereocenters. The Morgan fingerprint density at radius 3 is 2.75 bits per heavy atom. The average Bonchev–Trinajstić information content (AvgIpc) is 2.86. The first kappa shape index (κ1) is 7.78. The molecular weight excluding hydrogens is 146 g/mol. The van der Waals surface area contributed by atoms with Gasteiger partial charge in [-0.25, -0.2) is 0 Å². The maximum absolute atomic E-state index is 4.47. The van der Waals surface area contributed by atoms with E-state index < -0.39 is 0 Å². The van der Waals surface area contributed by atoms with Crippen LogP contribution in [0.3, 0.4) is 0 Å². The van der Waals surface area contributed by atoms with Crippen molar-refractivity contribution in [2.45, 2.75) is 39.0 Å². The molecule has 0 bridgehead atoms. The highest BCUT2D eigenvalue weighted by Crippen LogP contribution is 2.39. The van der Waals surface area contributed by atoms with Crippen molar-refractivity contribution < 1.29 is 0 Å². The first-order valence-corrected chi connectivity index (χ1v) is 4.76. The molecule has 1 heterocycles. The van der Waals surface area contributed by atoms with Crippen molar-refractivity contribution in [3.05, 3.63) is 29.1 Å². The second-order valence-corrected chi connectivity index (χ2v) is 3.66. The maximum atomic E-state index is 4.47. The fraction of sp³-hybridized carbons (Fsp3) is 0.545. The Balaban J connectivity index is 2.30. The Morgan fingerprint density at radius 2 is 2.25 bits per heavy atom. The monoisotopic (exact) mass is 161 g/mol. The summed E-state index contributed by atoms with van der Waals surface area (Å²) >= 11 is 0. The van der Waals surface area contributed by atoms with Crippen LogP contribution in [-0.2, 0) is 6.42 Å². The lowest BCUT2D eigenvalue weighted by atomic mass is 10.1. The number of pyridine rings is 1. The van der Waals surface area contributed by atoms with E-state index in [1.807, 2.05) is 6.20 Å². The van der Waals surface area contributed by atoms with Crippen LogP contribution in [0.25, 0.3) is 0 Å². The standard InChI is InChI=1S/C11H15N/c1-3-9-7-12-11(6-8(9)2)10-4-5-10/h6-7,10H,3-5H2,1-2H3. The lowest BCUT2D eigenvalue weighted by Crippen LogP contribution is -1.92. The van der Waals surface area contributed by atoms with Crippen molar-refractivity contribution in [1.29, 1.82) is 0 Å². The highest BCUT2D eigenvalue weighted by atomic mass is 14.7. The van der Waals surface area contributed by atoms with Gasteiger partial charge in [-0.2, -0.15) is 0 Å². The predicted octanol–water partition coefficient (Wildman–Crippen LogP) is 2.83. The van der Waals surface area contributed by atoms with Crippen molar-refractivity contribution in [2.24, 2.45) is 0 Å². The lowest BCUT2D eigenvalue weighted by Gasteiger charge is -2.04. The molecule has 0 aromatic carbocycles. The van der Waals surface area contributed by atoms with Crippen LogP contribution in [0.5, 0.6) is 0 Å². The summed E-state index contributed by atoms with van der Waals surface area (Å²) in [5, 5.41) is 0. The van der Waals surface area contributed by atoms with Gasteiger partial charge >= 0.3 is 0 Å². The van der Waals surface area contributed by atoms with E-state index in [9.17, 15) is 0 Å². The van der Waals surface area contributed by atoms with E-state index in [0.29, 0.717) is 0 Å². The molecule has 1 heteroatoms. The Labute approximate surface area is 73.8 Å². The molecule has 1 nitrogen and oxygen atoms in total. The molecule has 0 saturated heterocycles. The minimum Gasteiger partial charge on any atom is -0.261 e. The van der Waals surface area contributed by atoms with Crippen LogP contribution in [-0.4, -0.2) is 4.98 Å². The van der Waals surface area contributed by atoms with Gasteiger partial charge in [0.1, 0.15) is 0 Å². The predicted molar refractivity (Wildman–Crippen MR) is 50.3 cm³/mol. The Morgan fingerprint density at radius 1 is 1.50 bits per heavy atom. The minimum absolute atomic E-state index is 0.787. The molecule has 64 valence electrons. The second-order valence-electron chi connectivity index (χ2n) is 3.66. The molecule has 1 fully saturated rings. The van der Waals surface area contributed by atoms with Crippen molar-refractivity contribution in [3.8, 4) is 0 Å². The molecule has 0 unspecified atom stereocenters. The fourth-order valence-corrected chi connectivity index (χ4v) is 1.58. The second kappa shape index (κ2) is 2.89. The van der Waals surface area contributed by atoms with Crippen LogP contribution >= 0.6 is 0 Å². The molecule has 1 aliphatic carbocycles. The summed E-state index contributed by atoms with van der Waals surface area (Å²) in [6, 6.07) is 2.26. The van der Waals surface area contributed by atoms with E-state index in [1.54, 1.807) is 0 Å². The van der Waals surface area contributed by atoms with Gasteiger partial charge in [-0.05, 0) is 43.4 Å². The summed E-state index contributed by atoms with van der Waals surface area (Å²) in [7, 11) is 0. The van der Waals surface area contributed by atoms with Crippen molar-refractivity contribution in [1.82, 2.24) is 4.98 Å². The number of hydrogen-bond acceptors (Lipinski definition) is 1. The zero-order chi connectivity index (χ0) is 8.55. The van der Waals surface area contributed by atoms with Crippen LogP contribution in [0.1, 0.15) is 42.5 Å². The first-order valence-electron chi connectivity index (χ1n) is 4.76. The highest BCUT2D eigenvalue weighted by molar-refractivity contribution is 5.28. The third kappa shape index (κ3) is 1.36. The van der Waals surface area contributed by atoms with Gasteiger partial charge in [0.05, 0.1) is 0 Å². The van der Waals surface area contributed by atoms with Crippen molar-refractivity contribution in [2.75, 3.05) is 0 Å². The van der Waals surface area contributed by atoms with Crippen LogP contribution in [0.4, 0.5) is 0 Å². The molecule has 0 radical (unpaired) electrons. The van der Waals surface area contributed by atoms with Crippen molar-refractivity contribution >= 4 is 0 Å². The van der Waals surface area contributed by atoms with Gasteiger partial charge in [0, 0.05) is 17.8 Å². The van der Waals surface area contributed by atoms with E-state index in [-0.39, 0.29) is 0 Å². The van der Waals surface area contributed by atoms with Crippen LogP contribution in [0, 0.1) is 6.92 Å². The lowest BCUT2D eigenvalue weighted by molar-refractivity contribution is 0.979. The zero-order valence-electron chi connectivity index (χ0n) is 7.80. The third-order valence-electron chi connectivity index (χ3n) is 2.62. The number of aromatic nitrogens is 1. The molecule has 1 aromatic rings. The van der Waals surface area contributed by atoms with Crippen LogP contribution < -0.4 is 0 Å². The van der Waals surface area contributed by atoms with Crippen LogP contribution in [0.2, 0.25) is 0 Å². The summed E-state index contributed by atoms with van der Waals surface area (Å²) in [5.74, 6) is 0.787. The molecule has 0 N–H and O–H groups in total. The SMILES string of the molecule is CCc1cnc(C2CC2)cc1C. The molecule has 0 amide bonds.